The first kappa shape index (κ1) is 27.0. The van der Waals surface area contributed by atoms with E-state index in [1.807, 2.05) is 24.3 Å². The van der Waals surface area contributed by atoms with Crippen molar-refractivity contribution in [1.82, 2.24) is 9.62 Å². The van der Waals surface area contributed by atoms with E-state index in [-0.39, 0.29) is 11.9 Å². The van der Waals surface area contributed by atoms with E-state index in [0.29, 0.717) is 16.7 Å². The molecular formula is C32H39FN2O2S. The number of nitrogens with zero attached hydrogens (tertiary/aromatic N) is 1. The minimum atomic E-state index is -3.53. The van der Waals surface area contributed by atoms with Gasteiger partial charge in [-0.15, -0.1) is 0 Å². The molecule has 1 aliphatic heterocycles. The number of sulfonamides is 1. The molecule has 1 saturated carbocycles. The van der Waals surface area contributed by atoms with Crippen molar-refractivity contribution in [3.05, 3.63) is 102 Å². The van der Waals surface area contributed by atoms with Crippen LogP contribution in [0.5, 0.6) is 0 Å². The fraction of sp³-hybridized carbons (Fsp3) is 0.438. The predicted octanol–water partition coefficient (Wildman–Crippen LogP) is 6.40. The van der Waals surface area contributed by atoms with Gasteiger partial charge in [0.1, 0.15) is 5.82 Å². The number of piperidine rings is 1. The molecule has 0 radical (unpaired) electrons. The number of benzene rings is 3. The summed E-state index contributed by atoms with van der Waals surface area (Å²) in [4.78, 5) is 2.94. The van der Waals surface area contributed by atoms with E-state index in [2.05, 4.69) is 33.9 Å². The number of likely N-dealkylation sites (tertiary alicyclic amines) is 1. The van der Waals surface area contributed by atoms with Crippen LogP contribution in [0.25, 0.3) is 0 Å². The smallest absolute Gasteiger partial charge is 0.240 e. The zero-order valence-electron chi connectivity index (χ0n) is 22.0. The molecule has 2 aliphatic rings. The average molecular weight is 535 g/mol. The average Bonchev–Trinajstić information content (AvgIpc) is 3.33. The van der Waals surface area contributed by atoms with E-state index in [1.165, 1.54) is 30.4 Å². The minimum Gasteiger partial charge on any atom is -0.303 e. The number of hydrogen-bond acceptors (Lipinski definition) is 3. The molecule has 0 bridgehead atoms. The zero-order valence-corrected chi connectivity index (χ0v) is 22.8. The van der Waals surface area contributed by atoms with Crippen LogP contribution in [0.2, 0.25) is 0 Å². The summed E-state index contributed by atoms with van der Waals surface area (Å²) in [5.74, 6) is 1.37. The number of nitrogens with one attached hydrogen (secondary N) is 1. The summed E-state index contributed by atoms with van der Waals surface area (Å²) >= 11 is 0. The third-order valence-corrected chi connectivity index (χ3v) is 10.0. The predicted molar refractivity (Wildman–Crippen MR) is 151 cm³/mol. The molecule has 0 unspecified atom stereocenters. The third-order valence-electron chi connectivity index (χ3n) is 8.49. The Morgan fingerprint density at radius 3 is 2.18 bits per heavy atom. The highest BCUT2D eigenvalue weighted by molar-refractivity contribution is 7.89. The van der Waals surface area contributed by atoms with Gasteiger partial charge in [0.2, 0.25) is 10.0 Å². The van der Waals surface area contributed by atoms with Crippen LogP contribution in [0.4, 0.5) is 4.39 Å². The molecule has 3 aromatic carbocycles. The Labute approximate surface area is 227 Å². The first-order chi connectivity index (χ1) is 18.5. The standard InChI is InChI=1S/C32H39FN2O2S/c33-29-16-14-25(15-17-29)8-7-9-26-18-20-35(21-19-26)24-28-22-30(23-32(28)27-10-3-1-4-11-27)34-38(36,37)31-12-5-2-6-13-31/h1-6,10-17,26,28,30,32,34H,7-9,18-24H2/t28-,30+,32-/m1/s1. The van der Waals surface area contributed by atoms with E-state index in [0.717, 1.165) is 51.2 Å². The molecule has 0 aromatic heterocycles. The van der Waals surface area contributed by atoms with E-state index < -0.39 is 10.0 Å². The van der Waals surface area contributed by atoms with Crippen molar-refractivity contribution in [2.24, 2.45) is 11.8 Å². The molecule has 0 spiro atoms. The first-order valence-electron chi connectivity index (χ1n) is 14.1. The maximum atomic E-state index is 13.1. The van der Waals surface area contributed by atoms with Gasteiger partial charge in [-0.05, 0) is 105 Å². The van der Waals surface area contributed by atoms with Crippen LogP contribution < -0.4 is 4.72 Å². The highest BCUT2D eigenvalue weighted by Gasteiger charge is 2.38. The lowest BCUT2D eigenvalue weighted by molar-refractivity contribution is 0.151. The molecule has 4 nitrogen and oxygen atoms in total. The number of hydrogen-bond donors (Lipinski definition) is 1. The van der Waals surface area contributed by atoms with Crippen molar-refractivity contribution in [3.63, 3.8) is 0 Å². The van der Waals surface area contributed by atoms with Crippen LogP contribution in [0.1, 0.15) is 55.6 Å². The molecule has 3 atom stereocenters. The molecule has 3 aromatic rings. The van der Waals surface area contributed by atoms with Crippen molar-refractivity contribution < 1.29 is 12.8 Å². The van der Waals surface area contributed by atoms with Gasteiger partial charge in [0.15, 0.2) is 0 Å². The van der Waals surface area contributed by atoms with Crippen molar-refractivity contribution >= 4 is 10.0 Å². The van der Waals surface area contributed by atoms with Crippen LogP contribution in [0, 0.1) is 17.7 Å². The molecule has 1 aliphatic carbocycles. The molecule has 2 fully saturated rings. The Morgan fingerprint density at radius 1 is 0.842 bits per heavy atom. The summed E-state index contributed by atoms with van der Waals surface area (Å²) in [5, 5.41) is 0. The molecule has 202 valence electrons. The van der Waals surface area contributed by atoms with Crippen LogP contribution in [-0.2, 0) is 16.4 Å². The monoisotopic (exact) mass is 534 g/mol. The summed E-state index contributed by atoms with van der Waals surface area (Å²) in [5.41, 5.74) is 2.53. The largest absolute Gasteiger partial charge is 0.303 e. The van der Waals surface area contributed by atoms with Crippen molar-refractivity contribution in [1.29, 1.82) is 0 Å². The zero-order chi connectivity index (χ0) is 26.4. The lowest BCUT2D eigenvalue weighted by Gasteiger charge is -2.35. The molecule has 1 N–H and O–H groups in total. The third kappa shape index (κ3) is 7.10. The molecule has 38 heavy (non-hydrogen) atoms. The lowest BCUT2D eigenvalue weighted by atomic mass is 9.87. The summed E-state index contributed by atoms with van der Waals surface area (Å²) in [6.07, 6.45) is 7.53. The maximum absolute atomic E-state index is 13.1. The van der Waals surface area contributed by atoms with Crippen LogP contribution in [0.3, 0.4) is 0 Å². The topological polar surface area (TPSA) is 49.4 Å². The normalized spacial score (nSPS) is 23.0. The second-order valence-electron chi connectivity index (χ2n) is 11.1. The van der Waals surface area contributed by atoms with E-state index in [9.17, 15) is 12.8 Å². The minimum absolute atomic E-state index is 0.0561. The molecule has 1 heterocycles. The van der Waals surface area contributed by atoms with Crippen LogP contribution in [-0.4, -0.2) is 39.0 Å². The second-order valence-corrected chi connectivity index (χ2v) is 12.9. The fourth-order valence-corrected chi connectivity index (χ4v) is 7.74. The van der Waals surface area contributed by atoms with Crippen molar-refractivity contribution in [2.75, 3.05) is 19.6 Å². The Morgan fingerprint density at radius 2 is 1.50 bits per heavy atom. The second kappa shape index (κ2) is 12.5. The van der Waals surface area contributed by atoms with Gasteiger partial charge in [-0.2, -0.15) is 0 Å². The highest BCUT2D eigenvalue weighted by atomic mass is 32.2. The Hall–Kier alpha value is -2.54. The summed E-state index contributed by atoms with van der Waals surface area (Å²) < 4.78 is 42.2. The molecular weight excluding hydrogens is 495 g/mol. The van der Waals surface area contributed by atoms with Crippen LogP contribution >= 0.6 is 0 Å². The van der Waals surface area contributed by atoms with Gasteiger partial charge in [0, 0.05) is 12.6 Å². The van der Waals surface area contributed by atoms with Crippen molar-refractivity contribution in [3.8, 4) is 0 Å². The van der Waals surface area contributed by atoms with Gasteiger partial charge in [0.25, 0.3) is 0 Å². The number of rotatable bonds is 10. The van der Waals surface area contributed by atoms with Gasteiger partial charge in [-0.3, -0.25) is 0 Å². The Balaban J connectivity index is 1.15. The lowest BCUT2D eigenvalue weighted by Crippen LogP contribution is -2.38. The molecule has 1 saturated heterocycles. The summed E-state index contributed by atoms with van der Waals surface area (Å²) in [6.45, 7) is 3.24. The molecule has 5 rings (SSSR count). The van der Waals surface area contributed by atoms with Gasteiger partial charge in [0.05, 0.1) is 4.90 Å². The first-order valence-corrected chi connectivity index (χ1v) is 15.5. The quantitative estimate of drug-likeness (QED) is 0.327. The van der Waals surface area contributed by atoms with E-state index in [1.54, 1.807) is 36.4 Å². The van der Waals surface area contributed by atoms with Gasteiger partial charge in [-0.25, -0.2) is 17.5 Å². The Kier molecular flexibility index (Phi) is 8.93. The Bertz CT molecular complexity index is 1240. The molecule has 6 heteroatoms. The van der Waals surface area contributed by atoms with Gasteiger partial charge < -0.3 is 4.90 Å². The molecule has 0 amide bonds. The van der Waals surface area contributed by atoms with Crippen molar-refractivity contribution in [2.45, 2.75) is 61.8 Å². The highest BCUT2D eigenvalue weighted by Crippen LogP contribution is 2.41. The summed E-state index contributed by atoms with van der Waals surface area (Å²) in [7, 11) is -3.53. The SMILES string of the molecule is O=S(=O)(N[C@H]1C[C@H](CN2CCC(CCCc3ccc(F)cc3)CC2)[C@@H](c2ccccc2)C1)c1ccccc1. The fourth-order valence-electron chi connectivity index (χ4n) is 6.45. The van der Waals surface area contributed by atoms with E-state index in [4.69, 9.17) is 0 Å². The maximum Gasteiger partial charge on any atom is 0.240 e. The van der Waals surface area contributed by atoms with E-state index >= 15 is 0 Å². The number of halogens is 1. The summed E-state index contributed by atoms with van der Waals surface area (Å²) in [6, 6.07) is 26.2. The van der Waals surface area contributed by atoms with Crippen LogP contribution in [0.15, 0.2) is 89.8 Å². The van der Waals surface area contributed by atoms with Gasteiger partial charge >= 0.3 is 0 Å². The van der Waals surface area contributed by atoms with Gasteiger partial charge in [-0.1, -0.05) is 67.1 Å². The number of aryl methyl sites for hydroxylation is 1.